The van der Waals surface area contributed by atoms with Gasteiger partial charge in [0, 0.05) is 18.3 Å². The number of nitrogens with one attached hydrogen (secondary N) is 1. The average Bonchev–Trinajstić information content (AvgIpc) is 2.44. The van der Waals surface area contributed by atoms with E-state index in [-0.39, 0.29) is 5.91 Å². The second-order valence-corrected chi connectivity index (χ2v) is 5.02. The Morgan fingerprint density at radius 2 is 2.00 bits per heavy atom. The Labute approximate surface area is 121 Å². The van der Waals surface area contributed by atoms with E-state index in [1.807, 2.05) is 18.2 Å². The van der Waals surface area contributed by atoms with Crippen molar-refractivity contribution in [1.82, 2.24) is 10.3 Å². The van der Waals surface area contributed by atoms with E-state index in [9.17, 15) is 4.79 Å². The molecule has 0 aliphatic rings. The molecule has 1 aromatic heterocycles. The molecule has 0 unspecified atom stereocenters. The van der Waals surface area contributed by atoms with Crippen LogP contribution in [0.1, 0.15) is 22.3 Å². The van der Waals surface area contributed by atoms with Crippen molar-refractivity contribution in [3.8, 4) is 0 Å². The van der Waals surface area contributed by atoms with E-state index in [1.54, 1.807) is 18.3 Å². The summed E-state index contributed by atoms with van der Waals surface area (Å²) in [5, 5.41) is 2.91. The number of nitrogens with zero attached hydrogens (tertiary/aromatic N) is 1. The van der Waals surface area contributed by atoms with Crippen molar-refractivity contribution in [2.75, 3.05) is 6.54 Å². The number of carbonyl (C=O) groups excluding carboxylic acids is 1. The highest BCUT2D eigenvalue weighted by Crippen LogP contribution is 2.08. The van der Waals surface area contributed by atoms with Crippen molar-refractivity contribution in [3.05, 3.63) is 64.4 Å². The van der Waals surface area contributed by atoms with Crippen LogP contribution < -0.4 is 5.32 Å². The van der Waals surface area contributed by atoms with E-state index in [1.165, 1.54) is 5.56 Å². The number of carbonyl (C=O) groups is 1. The van der Waals surface area contributed by atoms with Crippen LogP contribution in [-0.4, -0.2) is 17.4 Å². The van der Waals surface area contributed by atoms with E-state index < -0.39 is 0 Å². The molecule has 4 heteroatoms. The minimum absolute atomic E-state index is 0.0591. The van der Waals surface area contributed by atoms with Crippen LogP contribution >= 0.6 is 15.9 Å². The van der Waals surface area contributed by atoms with Gasteiger partial charge >= 0.3 is 0 Å². The molecule has 2 aromatic rings. The molecule has 0 aliphatic heterocycles. The fourth-order valence-electron chi connectivity index (χ4n) is 1.78. The van der Waals surface area contributed by atoms with E-state index in [0.29, 0.717) is 16.7 Å². The zero-order chi connectivity index (χ0) is 13.5. The molecule has 0 aliphatic carbocycles. The maximum atomic E-state index is 11.8. The summed E-state index contributed by atoms with van der Waals surface area (Å²) in [5.74, 6) is -0.0591. The van der Waals surface area contributed by atoms with E-state index in [4.69, 9.17) is 0 Å². The van der Waals surface area contributed by atoms with Crippen LogP contribution in [0.3, 0.4) is 0 Å². The molecule has 0 radical (unpaired) electrons. The first-order chi connectivity index (χ1) is 9.25. The molecular formula is C15H15BrN2O. The number of pyridine rings is 1. The van der Waals surface area contributed by atoms with Gasteiger partial charge in [0.2, 0.25) is 0 Å². The van der Waals surface area contributed by atoms with Gasteiger partial charge in [-0.05, 0) is 46.5 Å². The number of benzene rings is 1. The highest BCUT2D eigenvalue weighted by molar-refractivity contribution is 9.10. The zero-order valence-electron chi connectivity index (χ0n) is 10.5. The lowest BCUT2D eigenvalue weighted by Gasteiger charge is -2.05. The van der Waals surface area contributed by atoms with Crippen LogP contribution in [0.2, 0.25) is 0 Å². The number of aromatic nitrogens is 1. The average molecular weight is 319 g/mol. The van der Waals surface area contributed by atoms with Crippen LogP contribution in [0.5, 0.6) is 0 Å². The lowest BCUT2D eigenvalue weighted by molar-refractivity contribution is 0.0953. The van der Waals surface area contributed by atoms with Crippen molar-refractivity contribution in [2.45, 2.75) is 12.8 Å². The molecule has 1 amide bonds. The summed E-state index contributed by atoms with van der Waals surface area (Å²) in [4.78, 5) is 15.8. The van der Waals surface area contributed by atoms with E-state index in [0.717, 1.165) is 12.8 Å². The molecule has 1 aromatic carbocycles. The fourth-order valence-corrected chi connectivity index (χ4v) is 2.15. The first kappa shape index (κ1) is 13.7. The van der Waals surface area contributed by atoms with Crippen molar-refractivity contribution in [2.24, 2.45) is 0 Å². The third-order valence-electron chi connectivity index (χ3n) is 2.76. The van der Waals surface area contributed by atoms with Crippen LogP contribution in [0.4, 0.5) is 0 Å². The Bertz CT molecular complexity index is 543. The van der Waals surface area contributed by atoms with E-state index >= 15 is 0 Å². The van der Waals surface area contributed by atoms with Crippen molar-refractivity contribution >= 4 is 21.8 Å². The lowest BCUT2D eigenvalue weighted by atomic mass is 10.1. The monoisotopic (exact) mass is 318 g/mol. The van der Waals surface area contributed by atoms with Gasteiger partial charge in [-0.25, -0.2) is 4.98 Å². The number of aryl methyl sites for hydroxylation is 1. The smallest absolute Gasteiger partial charge is 0.251 e. The molecule has 0 atom stereocenters. The van der Waals surface area contributed by atoms with Gasteiger partial charge in [-0.3, -0.25) is 4.79 Å². The molecule has 3 nitrogen and oxygen atoms in total. The standard InChI is InChI=1S/C15H15BrN2O/c16-14-11-13(8-10-17-14)15(19)18-9-4-7-12-5-2-1-3-6-12/h1-3,5-6,8,10-11H,4,7,9H2,(H,18,19). The Morgan fingerprint density at radius 1 is 1.21 bits per heavy atom. The Kier molecular flexibility index (Phi) is 5.10. The predicted octanol–water partition coefficient (Wildman–Crippen LogP) is 3.21. The minimum atomic E-state index is -0.0591. The summed E-state index contributed by atoms with van der Waals surface area (Å²) in [6.45, 7) is 0.674. The predicted molar refractivity (Wildman–Crippen MR) is 79.0 cm³/mol. The topological polar surface area (TPSA) is 42.0 Å². The lowest BCUT2D eigenvalue weighted by Crippen LogP contribution is -2.24. The number of rotatable bonds is 5. The number of hydrogen-bond donors (Lipinski definition) is 1. The molecule has 1 heterocycles. The molecule has 0 saturated carbocycles. The maximum Gasteiger partial charge on any atom is 0.251 e. The maximum absolute atomic E-state index is 11.8. The summed E-state index contributed by atoms with van der Waals surface area (Å²) in [6, 6.07) is 13.7. The second kappa shape index (κ2) is 7.04. The third-order valence-corrected chi connectivity index (χ3v) is 3.19. The quantitative estimate of drug-likeness (QED) is 0.679. The molecule has 19 heavy (non-hydrogen) atoms. The van der Waals surface area contributed by atoms with Gasteiger partial charge < -0.3 is 5.32 Å². The third kappa shape index (κ3) is 4.48. The Morgan fingerprint density at radius 3 is 2.74 bits per heavy atom. The van der Waals surface area contributed by atoms with Crippen LogP contribution in [-0.2, 0) is 6.42 Å². The van der Waals surface area contributed by atoms with Gasteiger partial charge in [0.15, 0.2) is 0 Å². The number of hydrogen-bond acceptors (Lipinski definition) is 2. The summed E-state index contributed by atoms with van der Waals surface area (Å²) < 4.78 is 0.671. The molecule has 0 spiro atoms. The summed E-state index contributed by atoms with van der Waals surface area (Å²) in [7, 11) is 0. The first-order valence-corrected chi connectivity index (χ1v) is 6.99. The molecule has 0 saturated heterocycles. The van der Waals surface area contributed by atoms with Gasteiger partial charge in [-0.2, -0.15) is 0 Å². The normalized spacial score (nSPS) is 10.2. The van der Waals surface area contributed by atoms with Gasteiger partial charge in [0.25, 0.3) is 5.91 Å². The summed E-state index contributed by atoms with van der Waals surface area (Å²) in [5.41, 5.74) is 1.92. The highest BCUT2D eigenvalue weighted by Gasteiger charge is 2.05. The summed E-state index contributed by atoms with van der Waals surface area (Å²) >= 11 is 3.25. The van der Waals surface area contributed by atoms with E-state index in [2.05, 4.69) is 38.4 Å². The van der Waals surface area contributed by atoms with Crippen LogP contribution in [0, 0.1) is 0 Å². The van der Waals surface area contributed by atoms with Crippen molar-refractivity contribution < 1.29 is 4.79 Å². The van der Waals surface area contributed by atoms with Crippen LogP contribution in [0.25, 0.3) is 0 Å². The zero-order valence-corrected chi connectivity index (χ0v) is 12.1. The largest absolute Gasteiger partial charge is 0.352 e. The summed E-state index contributed by atoms with van der Waals surface area (Å²) in [6.07, 6.45) is 3.52. The SMILES string of the molecule is O=C(NCCCc1ccccc1)c1ccnc(Br)c1. The Hall–Kier alpha value is -1.68. The van der Waals surface area contributed by atoms with Crippen molar-refractivity contribution in [1.29, 1.82) is 0 Å². The Balaban J connectivity index is 1.75. The second-order valence-electron chi connectivity index (χ2n) is 4.21. The van der Waals surface area contributed by atoms with Gasteiger partial charge in [0.05, 0.1) is 0 Å². The number of halogens is 1. The molecule has 1 N–H and O–H groups in total. The van der Waals surface area contributed by atoms with Crippen LogP contribution in [0.15, 0.2) is 53.3 Å². The molecule has 2 rings (SSSR count). The molecule has 98 valence electrons. The highest BCUT2D eigenvalue weighted by atomic mass is 79.9. The molecule has 0 bridgehead atoms. The number of amides is 1. The first-order valence-electron chi connectivity index (χ1n) is 6.19. The van der Waals surface area contributed by atoms with Gasteiger partial charge in [0.1, 0.15) is 4.60 Å². The fraction of sp³-hybridized carbons (Fsp3) is 0.200. The van der Waals surface area contributed by atoms with Gasteiger partial charge in [-0.15, -0.1) is 0 Å². The molecular weight excluding hydrogens is 304 g/mol. The molecule has 0 fully saturated rings. The van der Waals surface area contributed by atoms with Gasteiger partial charge in [-0.1, -0.05) is 30.3 Å². The van der Waals surface area contributed by atoms with Crippen molar-refractivity contribution in [3.63, 3.8) is 0 Å². The minimum Gasteiger partial charge on any atom is -0.352 e.